The summed E-state index contributed by atoms with van der Waals surface area (Å²) in [6.45, 7) is 4.07. The van der Waals surface area contributed by atoms with Crippen LogP contribution in [0, 0.1) is 0 Å². The summed E-state index contributed by atoms with van der Waals surface area (Å²) in [6.07, 6.45) is 2.85. The monoisotopic (exact) mass is 306 g/mol. The zero-order valence-corrected chi connectivity index (χ0v) is 13.2. The molecule has 1 aromatic heterocycles. The van der Waals surface area contributed by atoms with Gasteiger partial charge in [0, 0.05) is 5.56 Å². The Bertz CT molecular complexity index is 930. The third-order valence-corrected chi connectivity index (χ3v) is 3.71. The summed E-state index contributed by atoms with van der Waals surface area (Å²) in [4.78, 5) is 12.5. The van der Waals surface area contributed by atoms with Crippen molar-refractivity contribution in [3.8, 4) is 17.1 Å². The molecule has 0 aliphatic rings. The van der Waals surface area contributed by atoms with Gasteiger partial charge in [-0.1, -0.05) is 48.0 Å². The Morgan fingerprint density at radius 2 is 1.87 bits per heavy atom. The van der Waals surface area contributed by atoms with Gasteiger partial charge in [0.2, 0.25) is 11.2 Å². The standard InChI is InChI=1S/C20H18O3/c1-13(2)8-9-14-10-11-17-16(12-14)18(21)19(22)20(23-17)15-6-4-3-5-7-15/h3-8,10-12,22H,9H2,1-2H3. The molecule has 0 atom stereocenters. The smallest absolute Gasteiger partial charge is 0.235 e. The molecule has 1 N–H and O–H groups in total. The summed E-state index contributed by atoms with van der Waals surface area (Å²) in [6, 6.07) is 14.7. The summed E-state index contributed by atoms with van der Waals surface area (Å²) < 4.78 is 5.77. The van der Waals surface area contributed by atoms with Crippen molar-refractivity contribution in [1.82, 2.24) is 0 Å². The van der Waals surface area contributed by atoms with Crippen LogP contribution in [0.4, 0.5) is 0 Å². The number of rotatable bonds is 3. The second-order valence-electron chi connectivity index (χ2n) is 5.79. The van der Waals surface area contributed by atoms with Gasteiger partial charge in [-0.05, 0) is 38.0 Å². The second-order valence-corrected chi connectivity index (χ2v) is 5.79. The maximum Gasteiger partial charge on any atom is 0.235 e. The average Bonchev–Trinajstić information content (AvgIpc) is 2.57. The normalized spacial score (nSPS) is 10.7. The van der Waals surface area contributed by atoms with Gasteiger partial charge in [0.05, 0.1) is 5.39 Å². The molecule has 0 unspecified atom stereocenters. The second kappa shape index (κ2) is 6.13. The van der Waals surface area contributed by atoms with Crippen molar-refractivity contribution >= 4 is 11.0 Å². The van der Waals surface area contributed by atoms with Gasteiger partial charge in [-0.3, -0.25) is 4.79 Å². The van der Waals surface area contributed by atoms with Crippen molar-refractivity contribution in [2.75, 3.05) is 0 Å². The lowest BCUT2D eigenvalue weighted by atomic mass is 10.1. The highest BCUT2D eigenvalue weighted by Crippen LogP contribution is 2.30. The van der Waals surface area contributed by atoms with E-state index in [2.05, 4.69) is 6.08 Å². The molecule has 0 fully saturated rings. The number of hydrogen-bond acceptors (Lipinski definition) is 3. The lowest BCUT2D eigenvalue weighted by molar-refractivity contribution is 0.449. The topological polar surface area (TPSA) is 50.4 Å². The van der Waals surface area contributed by atoms with Gasteiger partial charge in [-0.25, -0.2) is 0 Å². The van der Waals surface area contributed by atoms with Gasteiger partial charge < -0.3 is 9.52 Å². The minimum atomic E-state index is -0.399. The first-order chi connectivity index (χ1) is 11.1. The average molecular weight is 306 g/mol. The highest BCUT2D eigenvalue weighted by molar-refractivity contribution is 5.82. The summed E-state index contributed by atoms with van der Waals surface area (Å²) in [5, 5.41) is 10.6. The number of fused-ring (bicyclic) bond motifs is 1. The van der Waals surface area contributed by atoms with E-state index in [0.717, 1.165) is 12.0 Å². The molecule has 0 aliphatic heterocycles. The fraction of sp³-hybridized carbons (Fsp3) is 0.150. The maximum atomic E-state index is 12.5. The van der Waals surface area contributed by atoms with E-state index in [9.17, 15) is 9.90 Å². The van der Waals surface area contributed by atoms with Crippen molar-refractivity contribution in [3.05, 3.63) is 76.0 Å². The molecule has 0 spiro atoms. The van der Waals surface area contributed by atoms with Crippen LogP contribution in [0.15, 0.2) is 69.4 Å². The number of benzene rings is 2. The van der Waals surface area contributed by atoms with Crippen molar-refractivity contribution in [1.29, 1.82) is 0 Å². The minimum absolute atomic E-state index is 0.208. The summed E-state index contributed by atoms with van der Waals surface area (Å²) in [5.41, 5.74) is 2.99. The van der Waals surface area contributed by atoms with Crippen LogP contribution in [0.1, 0.15) is 19.4 Å². The Labute approximate surface area is 134 Å². The molecule has 1 heterocycles. The van der Waals surface area contributed by atoms with E-state index < -0.39 is 5.43 Å². The molecule has 0 bridgehead atoms. The van der Waals surface area contributed by atoms with Crippen LogP contribution in [0.2, 0.25) is 0 Å². The highest BCUT2D eigenvalue weighted by atomic mass is 16.4. The molecule has 0 radical (unpaired) electrons. The molecule has 2 aromatic carbocycles. The van der Waals surface area contributed by atoms with Crippen molar-refractivity contribution < 1.29 is 9.52 Å². The van der Waals surface area contributed by atoms with E-state index >= 15 is 0 Å². The van der Waals surface area contributed by atoms with Crippen molar-refractivity contribution in [2.24, 2.45) is 0 Å². The molecule has 0 amide bonds. The van der Waals surface area contributed by atoms with Gasteiger partial charge in [0.15, 0.2) is 5.76 Å². The van der Waals surface area contributed by atoms with Crippen LogP contribution < -0.4 is 5.43 Å². The minimum Gasteiger partial charge on any atom is -0.502 e. The first-order valence-electron chi connectivity index (χ1n) is 7.54. The predicted octanol–water partition coefficient (Wildman–Crippen LogP) is 4.67. The SMILES string of the molecule is CC(C)=CCc1ccc2oc(-c3ccccc3)c(O)c(=O)c2c1. The van der Waals surface area contributed by atoms with Gasteiger partial charge >= 0.3 is 0 Å². The van der Waals surface area contributed by atoms with Crippen molar-refractivity contribution in [3.63, 3.8) is 0 Å². The zero-order chi connectivity index (χ0) is 16.4. The van der Waals surface area contributed by atoms with Crippen LogP contribution >= 0.6 is 0 Å². The van der Waals surface area contributed by atoms with E-state index in [4.69, 9.17) is 4.42 Å². The zero-order valence-electron chi connectivity index (χ0n) is 13.2. The quantitative estimate of drug-likeness (QED) is 0.715. The summed E-state index contributed by atoms with van der Waals surface area (Å²) in [5.74, 6) is -0.136. The third kappa shape index (κ3) is 3.04. The van der Waals surface area contributed by atoms with Crippen LogP contribution in [0.5, 0.6) is 5.75 Å². The molecule has 23 heavy (non-hydrogen) atoms. The largest absolute Gasteiger partial charge is 0.502 e. The Morgan fingerprint density at radius 3 is 2.57 bits per heavy atom. The highest BCUT2D eigenvalue weighted by Gasteiger charge is 2.15. The summed E-state index contributed by atoms with van der Waals surface area (Å²) >= 11 is 0. The number of hydrogen-bond donors (Lipinski definition) is 1. The molecule has 0 saturated carbocycles. The molecule has 3 aromatic rings. The molecule has 3 nitrogen and oxygen atoms in total. The van der Waals surface area contributed by atoms with E-state index in [1.807, 2.05) is 38.1 Å². The summed E-state index contributed by atoms with van der Waals surface area (Å²) in [7, 11) is 0. The Morgan fingerprint density at radius 1 is 1.13 bits per heavy atom. The molecule has 116 valence electrons. The van der Waals surface area contributed by atoms with E-state index in [-0.39, 0.29) is 11.5 Å². The van der Waals surface area contributed by atoms with E-state index in [1.54, 1.807) is 24.3 Å². The van der Waals surface area contributed by atoms with Crippen LogP contribution in [-0.2, 0) is 6.42 Å². The molecule has 3 heteroatoms. The fourth-order valence-corrected chi connectivity index (χ4v) is 2.47. The Hall–Kier alpha value is -2.81. The molecule has 3 rings (SSSR count). The van der Waals surface area contributed by atoms with E-state index in [0.29, 0.717) is 16.5 Å². The molecular formula is C20H18O3. The molecular weight excluding hydrogens is 288 g/mol. The van der Waals surface area contributed by atoms with Crippen LogP contribution in [-0.4, -0.2) is 5.11 Å². The number of aromatic hydroxyl groups is 1. The lowest BCUT2D eigenvalue weighted by Gasteiger charge is -2.07. The molecule has 0 aliphatic carbocycles. The van der Waals surface area contributed by atoms with E-state index in [1.165, 1.54) is 5.57 Å². The van der Waals surface area contributed by atoms with Gasteiger partial charge in [-0.2, -0.15) is 0 Å². The van der Waals surface area contributed by atoms with Gasteiger partial charge in [0.1, 0.15) is 5.58 Å². The molecule has 0 saturated heterocycles. The third-order valence-electron chi connectivity index (χ3n) is 3.71. The van der Waals surface area contributed by atoms with Gasteiger partial charge in [-0.15, -0.1) is 0 Å². The van der Waals surface area contributed by atoms with Crippen molar-refractivity contribution in [2.45, 2.75) is 20.3 Å². The lowest BCUT2D eigenvalue weighted by Crippen LogP contribution is -2.03. The van der Waals surface area contributed by atoms with Crippen LogP contribution in [0.3, 0.4) is 0 Å². The predicted molar refractivity (Wildman–Crippen MR) is 92.7 cm³/mol. The Balaban J connectivity index is 2.15. The fourth-order valence-electron chi connectivity index (χ4n) is 2.47. The number of allylic oxidation sites excluding steroid dienone is 2. The first-order valence-corrected chi connectivity index (χ1v) is 7.54. The Kier molecular flexibility index (Phi) is 4.02. The van der Waals surface area contributed by atoms with Gasteiger partial charge in [0.25, 0.3) is 0 Å². The first kappa shape index (κ1) is 15.1. The van der Waals surface area contributed by atoms with Crippen LogP contribution in [0.25, 0.3) is 22.3 Å². The maximum absolute atomic E-state index is 12.5.